The van der Waals surface area contributed by atoms with Crippen LogP contribution in [-0.4, -0.2) is 29.5 Å². The fraction of sp³-hybridized carbons (Fsp3) is 0.300. The van der Waals surface area contributed by atoms with Crippen LogP contribution in [0.3, 0.4) is 0 Å². The molecule has 0 aliphatic heterocycles. The summed E-state index contributed by atoms with van der Waals surface area (Å²) in [7, 11) is -3.41. The van der Waals surface area contributed by atoms with Gasteiger partial charge in [0.15, 0.2) is 5.76 Å². The summed E-state index contributed by atoms with van der Waals surface area (Å²) >= 11 is 0. The minimum Gasteiger partial charge on any atom is -0.503 e. The Bertz CT molecular complexity index is 496. The molecule has 0 aliphatic carbocycles. The second kappa shape index (κ2) is 5.86. The van der Waals surface area contributed by atoms with Gasteiger partial charge in [0.25, 0.3) is 0 Å². The van der Waals surface area contributed by atoms with Crippen molar-refractivity contribution in [2.45, 2.75) is 6.92 Å². The van der Waals surface area contributed by atoms with Crippen LogP contribution in [-0.2, 0) is 14.0 Å². The summed E-state index contributed by atoms with van der Waals surface area (Å²) in [5, 5.41) is -0.516. The van der Waals surface area contributed by atoms with Gasteiger partial charge < -0.3 is 23.7 Å². The van der Waals surface area contributed by atoms with Gasteiger partial charge in [-0.05, 0) is 13.0 Å². The van der Waals surface area contributed by atoms with Crippen LogP contribution in [0.2, 0.25) is 0 Å². The van der Waals surface area contributed by atoms with E-state index in [0.717, 1.165) is 12.5 Å². The molecule has 18 heavy (non-hydrogen) atoms. The molecule has 100 valence electrons. The van der Waals surface area contributed by atoms with Gasteiger partial charge in [0, 0.05) is 0 Å². The van der Waals surface area contributed by atoms with Crippen molar-refractivity contribution in [3.8, 4) is 0 Å². The molecular formula is C10H13O7P. The third-order valence-corrected chi connectivity index (χ3v) is 2.87. The van der Waals surface area contributed by atoms with Gasteiger partial charge in [-0.3, -0.25) is 4.57 Å². The number of methoxy groups -OCH3 is 1. The highest BCUT2D eigenvalue weighted by Gasteiger charge is 2.31. The summed E-state index contributed by atoms with van der Waals surface area (Å²) in [4.78, 5) is 29.9. The Morgan fingerprint density at radius 3 is 2.72 bits per heavy atom. The lowest BCUT2D eigenvalue weighted by molar-refractivity contribution is 0.0525. The number of carbonyl (C=O) groups excluding carboxylic acids is 1. The van der Waals surface area contributed by atoms with E-state index in [9.17, 15) is 9.36 Å². The van der Waals surface area contributed by atoms with Gasteiger partial charge >= 0.3 is 13.6 Å². The Morgan fingerprint density at radius 2 is 2.22 bits per heavy atom. The van der Waals surface area contributed by atoms with Crippen molar-refractivity contribution >= 4 is 18.9 Å². The van der Waals surface area contributed by atoms with E-state index in [-0.39, 0.29) is 17.9 Å². The predicted octanol–water partition coefficient (Wildman–Crippen LogP) is 1.58. The van der Waals surface area contributed by atoms with Crippen LogP contribution in [0.15, 0.2) is 23.0 Å². The van der Waals surface area contributed by atoms with Crippen molar-refractivity contribution in [2.24, 2.45) is 0 Å². The molecule has 0 spiro atoms. The van der Waals surface area contributed by atoms with Gasteiger partial charge in [0.05, 0.1) is 20.0 Å². The fourth-order valence-corrected chi connectivity index (χ4v) is 1.92. The zero-order chi connectivity index (χ0) is 13.8. The van der Waals surface area contributed by atoms with Gasteiger partial charge in [0.1, 0.15) is 17.1 Å². The molecule has 2 N–H and O–H groups in total. The molecule has 0 radical (unpaired) electrons. The van der Waals surface area contributed by atoms with E-state index in [0.29, 0.717) is 0 Å². The first kappa shape index (κ1) is 14.5. The second-order valence-electron chi connectivity index (χ2n) is 3.17. The van der Waals surface area contributed by atoms with Crippen LogP contribution >= 0.6 is 7.60 Å². The highest BCUT2D eigenvalue weighted by atomic mass is 31.2. The van der Waals surface area contributed by atoms with Gasteiger partial charge in [-0.15, -0.1) is 0 Å². The first-order valence-corrected chi connectivity index (χ1v) is 6.57. The fourth-order valence-electron chi connectivity index (χ4n) is 1.24. The second-order valence-corrected chi connectivity index (χ2v) is 4.74. The largest absolute Gasteiger partial charge is 0.503 e. The van der Waals surface area contributed by atoms with Crippen LogP contribution in [0.25, 0.3) is 5.31 Å². The molecule has 1 aromatic heterocycles. The van der Waals surface area contributed by atoms with E-state index in [1.165, 1.54) is 13.2 Å². The smallest absolute Gasteiger partial charge is 0.363 e. The van der Waals surface area contributed by atoms with Crippen molar-refractivity contribution in [2.75, 3.05) is 13.7 Å². The molecule has 0 atom stereocenters. The quantitative estimate of drug-likeness (QED) is 0.477. The number of ether oxygens (including phenoxy) is 2. The van der Waals surface area contributed by atoms with Gasteiger partial charge in [-0.25, -0.2) is 4.79 Å². The Hall–Kier alpha value is -1.56. The van der Waals surface area contributed by atoms with E-state index in [1.807, 2.05) is 0 Å². The number of furan rings is 1. The zero-order valence-corrected chi connectivity index (χ0v) is 10.7. The average molecular weight is 276 g/mol. The topological polar surface area (TPSA) is 106 Å². The van der Waals surface area contributed by atoms with Crippen molar-refractivity contribution < 1.29 is 33.0 Å². The number of rotatable bonds is 5. The first-order valence-electron chi connectivity index (χ1n) is 4.95. The number of carbonyl (C=O) groups is 1. The van der Waals surface area contributed by atoms with Crippen molar-refractivity contribution in [1.29, 1.82) is 0 Å². The summed E-state index contributed by atoms with van der Waals surface area (Å²) in [6, 6.07) is 1.27. The molecule has 0 fully saturated rings. The van der Waals surface area contributed by atoms with Crippen LogP contribution in [0.5, 0.6) is 0 Å². The molecule has 0 aromatic carbocycles. The molecule has 0 bridgehead atoms. The maximum Gasteiger partial charge on any atom is 0.363 e. The Balaban J connectivity index is 3.24. The Kier molecular flexibility index (Phi) is 4.72. The highest BCUT2D eigenvalue weighted by Crippen LogP contribution is 2.51. The van der Waals surface area contributed by atoms with Crippen molar-refractivity contribution in [3.05, 3.63) is 29.9 Å². The van der Waals surface area contributed by atoms with Crippen molar-refractivity contribution in [3.63, 3.8) is 0 Å². The normalized spacial score (nSPS) is 12.3. The molecule has 1 heterocycles. The van der Waals surface area contributed by atoms with Gasteiger partial charge in [-0.1, -0.05) is 0 Å². The molecule has 7 nitrogen and oxygen atoms in total. The lowest BCUT2D eigenvalue weighted by atomic mass is 10.2. The number of hydrogen-bond acceptors (Lipinski definition) is 5. The Labute approximate surface area is 103 Å². The third kappa shape index (κ3) is 3.22. The third-order valence-electron chi connectivity index (χ3n) is 1.94. The van der Waals surface area contributed by atoms with E-state index >= 15 is 0 Å². The highest BCUT2D eigenvalue weighted by molar-refractivity contribution is 7.63. The minimum atomic E-state index is -4.63. The molecule has 0 aliphatic rings. The van der Waals surface area contributed by atoms with Gasteiger partial charge in [-0.2, -0.15) is 0 Å². The van der Waals surface area contributed by atoms with Crippen LogP contribution < -0.4 is 0 Å². The molecule has 0 saturated carbocycles. The van der Waals surface area contributed by atoms with Gasteiger partial charge in [0.2, 0.25) is 0 Å². The van der Waals surface area contributed by atoms with E-state index in [2.05, 4.69) is 4.74 Å². The summed E-state index contributed by atoms with van der Waals surface area (Å²) in [6.07, 6.45) is 1.98. The molecule has 1 aromatic rings. The molecule has 1 rings (SSSR count). The van der Waals surface area contributed by atoms with E-state index < -0.39 is 18.9 Å². The average Bonchev–Trinajstić information content (AvgIpc) is 2.73. The summed E-state index contributed by atoms with van der Waals surface area (Å²) in [5.74, 6) is -0.986. The number of esters is 1. The Morgan fingerprint density at radius 1 is 1.56 bits per heavy atom. The summed E-state index contributed by atoms with van der Waals surface area (Å²) in [5.41, 5.74) is -0.0662. The maximum atomic E-state index is 11.6. The number of hydrogen-bond donors (Lipinski definition) is 2. The van der Waals surface area contributed by atoms with E-state index in [1.54, 1.807) is 6.92 Å². The van der Waals surface area contributed by atoms with E-state index in [4.69, 9.17) is 18.9 Å². The molecule has 0 saturated heterocycles. The first-order chi connectivity index (χ1) is 8.41. The SMILES string of the molecule is CCOC(=O)c1ccoc1/C(=C\OC)P(=O)(O)O. The molecule has 0 amide bonds. The zero-order valence-electron chi connectivity index (χ0n) is 9.82. The summed E-state index contributed by atoms with van der Waals surface area (Å²) < 4.78 is 25.5. The van der Waals surface area contributed by atoms with Crippen LogP contribution in [0, 0.1) is 0 Å². The molecule has 0 unspecified atom stereocenters. The monoisotopic (exact) mass is 276 g/mol. The predicted molar refractivity (Wildman–Crippen MR) is 61.7 cm³/mol. The maximum absolute atomic E-state index is 11.6. The standard InChI is InChI=1S/C10H13O7P/c1-3-16-10(11)7-4-5-17-9(7)8(6-15-2)18(12,13)14/h4-6H,3H2,1-2H3,(H2,12,13,14)/b8-6+. The lowest BCUT2D eigenvalue weighted by Crippen LogP contribution is -2.06. The lowest BCUT2D eigenvalue weighted by Gasteiger charge is -2.08. The minimum absolute atomic E-state index is 0.0662. The molecule has 8 heteroatoms. The van der Waals surface area contributed by atoms with Crippen LogP contribution in [0.1, 0.15) is 23.0 Å². The summed E-state index contributed by atoms with van der Waals surface area (Å²) in [6.45, 7) is 1.76. The van der Waals surface area contributed by atoms with Crippen LogP contribution in [0.4, 0.5) is 0 Å². The molecular weight excluding hydrogens is 263 g/mol. The van der Waals surface area contributed by atoms with Crippen molar-refractivity contribution in [1.82, 2.24) is 0 Å².